The smallest absolute Gasteiger partial charge is 0.142 e. The van der Waals surface area contributed by atoms with E-state index in [-0.39, 0.29) is 6.10 Å². The maximum absolute atomic E-state index is 5.33. The number of rotatable bonds is 3. The van der Waals surface area contributed by atoms with Gasteiger partial charge >= 0.3 is 0 Å². The highest BCUT2D eigenvalue weighted by Gasteiger charge is 2.31. The van der Waals surface area contributed by atoms with Gasteiger partial charge in [0.05, 0.1) is 5.71 Å². The van der Waals surface area contributed by atoms with E-state index < -0.39 is 0 Å². The van der Waals surface area contributed by atoms with Gasteiger partial charge in [0.2, 0.25) is 0 Å². The van der Waals surface area contributed by atoms with Crippen molar-refractivity contribution in [2.45, 2.75) is 25.9 Å². The second-order valence-corrected chi connectivity index (χ2v) is 4.18. The molecule has 78 valence electrons. The first kappa shape index (κ1) is 9.71. The van der Waals surface area contributed by atoms with Crippen LogP contribution in [-0.4, -0.2) is 36.3 Å². The van der Waals surface area contributed by atoms with Crippen LogP contribution in [0, 0.1) is 5.92 Å². The molecular formula is C11H18N2O. The molecule has 3 nitrogen and oxygen atoms in total. The largest absolute Gasteiger partial charge is 0.389 e. The van der Waals surface area contributed by atoms with E-state index in [1.165, 1.54) is 31.6 Å². The lowest BCUT2D eigenvalue weighted by Crippen LogP contribution is -2.48. The minimum Gasteiger partial charge on any atom is -0.389 e. The molecule has 3 fully saturated rings. The Bertz CT molecular complexity index is 242. The number of piperidine rings is 3. The summed E-state index contributed by atoms with van der Waals surface area (Å²) >= 11 is 0. The van der Waals surface area contributed by atoms with Crippen molar-refractivity contribution in [2.75, 3.05) is 19.6 Å². The summed E-state index contributed by atoms with van der Waals surface area (Å²) in [5.74, 6) is 0.678. The van der Waals surface area contributed by atoms with Gasteiger partial charge in [-0.2, -0.15) is 0 Å². The fourth-order valence-electron chi connectivity index (χ4n) is 2.08. The average molecular weight is 194 g/mol. The fourth-order valence-corrected chi connectivity index (χ4v) is 2.08. The maximum Gasteiger partial charge on any atom is 0.142 e. The summed E-state index contributed by atoms with van der Waals surface area (Å²) in [6, 6.07) is 0. The molecule has 3 heteroatoms. The zero-order valence-corrected chi connectivity index (χ0v) is 8.78. The van der Waals surface area contributed by atoms with Crippen molar-refractivity contribution in [1.82, 2.24) is 4.90 Å². The molecule has 0 aromatic carbocycles. The Morgan fingerprint density at radius 2 is 2.29 bits per heavy atom. The maximum atomic E-state index is 5.33. The predicted molar refractivity (Wildman–Crippen MR) is 57.3 cm³/mol. The monoisotopic (exact) mass is 194 g/mol. The molecule has 0 N–H and O–H groups in total. The lowest BCUT2D eigenvalue weighted by Gasteiger charge is -2.39. The second kappa shape index (κ2) is 4.13. The molecule has 2 bridgehead atoms. The summed E-state index contributed by atoms with van der Waals surface area (Å²) in [5, 5.41) is 4.24. The quantitative estimate of drug-likeness (QED) is 0.504. The van der Waals surface area contributed by atoms with Gasteiger partial charge in [-0.25, -0.2) is 0 Å². The van der Waals surface area contributed by atoms with E-state index in [1.54, 1.807) is 6.08 Å². The minimum atomic E-state index is 0.0259. The average Bonchev–Trinajstić information content (AvgIpc) is 2.27. The van der Waals surface area contributed by atoms with Crippen molar-refractivity contribution < 1.29 is 4.84 Å². The van der Waals surface area contributed by atoms with Gasteiger partial charge in [-0.15, -0.1) is 0 Å². The van der Waals surface area contributed by atoms with Crippen LogP contribution in [0.15, 0.2) is 17.8 Å². The molecule has 0 aromatic rings. The molecule has 3 aliphatic rings. The van der Waals surface area contributed by atoms with E-state index in [1.807, 2.05) is 6.92 Å². The predicted octanol–water partition coefficient (Wildman–Crippen LogP) is 1.66. The standard InChI is InChI=1S/C11H18N2O/c1-3-9(2)14-12-11-8-13-6-4-10(11)5-7-13/h3,9-10H,1,4-8H2,2H3/b12-11+. The molecule has 3 aliphatic heterocycles. The van der Waals surface area contributed by atoms with E-state index in [0.29, 0.717) is 5.92 Å². The normalized spacial score (nSPS) is 35.6. The van der Waals surface area contributed by atoms with Crippen LogP contribution in [0.5, 0.6) is 0 Å². The zero-order chi connectivity index (χ0) is 9.97. The van der Waals surface area contributed by atoms with Crippen molar-refractivity contribution in [1.29, 1.82) is 0 Å². The first-order chi connectivity index (χ1) is 6.79. The molecule has 1 atom stereocenters. The van der Waals surface area contributed by atoms with Gasteiger partial charge in [0, 0.05) is 12.5 Å². The Hall–Kier alpha value is -0.830. The first-order valence-corrected chi connectivity index (χ1v) is 5.37. The third-order valence-electron chi connectivity index (χ3n) is 3.11. The van der Waals surface area contributed by atoms with Gasteiger partial charge in [-0.1, -0.05) is 11.7 Å². The lowest BCUT2D eigenvalue weighted by atomic mass is 9.87. The summed E-state index contributed by atoms with van der Waals surface area (Å²) in [6.45, 7) is 9.11. The van der Waals surface area contributed by atoms with Crippen molar-refractivity contribution in [3.05, 3.63) is 12.7 Å². The molecule has 3 rings (SSSR count). The van der Waals surface area contributed by atoms with Crippen molar-refractivity contribution in [3.8, 4) is 0 Å². The Morgan fingerprint density at radius 1 is 1.57 bits per heavy atom. The van der Waals surface area contributed by atoms with Crippen molar-refractivity contribution >= 4 is 5.71 Å². The van der Waals surface area contributed by atoms with Gasteiger partial charge in [0.1, 0.15) is 6.10 Å². The summed E-state index contributed by atoms with van der Waals surface area (Å²) in [7, 11) is 0. The highest BCUT2D eigenvalue weighted by Crippen LogP contribution is 2.25. The molecular weight excluding hydrogens is 176 g/mol. The number of hydrogen-bond donors (Lipinski definition) is 0. The number of fused-ring (bicyclic) bond motifs is 3. The third kappa shape index (κ3) is 1.98. The second-order valence-electron chi connectivity index (χ2n) is 4.18. The summed E-state index contributed by atoms with van der Waals surface area (Å²) in [6.07, 6.45) is 4.30. The zero-order valence-electron chi connectivity index (χ0n) is 8.78. The van der Waals surface area contributed by atoms with Crippen LogP contribution in [-0.2, 0) is 4.84 Å². The molecule has 14 heavy (non-hydrogen) atoms. The Morgan fingerprint density at radius 3 is 2.79 bits per heavy atom. The van der Waals surface area contributed by atoms with Gasteiger partial charge in [0.25, 0.3) is 0 Å². The third-order valence-corrected chi connectivity index (χ3v) is 3.11. The molecule has 3 heterocycles. The van der Waals surface area contributed by atoms with Gasteiger partial charge < -0.3 is 4.84 Å². The van der Waals surface area contributed by atoms with Gasteiger partial charge in [-0.3, -0.25) is 4.90 Å². The lowest BCUT2D eigenvalue weighted by molar-refractivity contribution is 0.0968. The van der Waals surface area contributed by atoms with Crippen LogP contribution in [0.25, 0.3) is 0 Å². The topological polar surface area (TPSA) is 24.8 Å². The number of hydrogen-bond acceptors (Lipinski definition) is 3. The molecule has 0 saturated carbocycles. The minimum absolute atomic E-state index is 0.0259. The SMILES string of the molecule is C=CC(C)O/N=C1\CN2CCC1CC2. The Balaban J connectivity index is 1.94. The van der Waals surface area contributed by atoms with E-state index in [4.69, 9.17) is 4.84 Å². The highest BCUT2D eigenvalue weighted by atomic mass is 16.6. The van der Waals surface area contributed by atoms with Crippen molar-refractivity contribution in [3.63, 3.8) is 0 Å². The van der Waals surface area contributed by atoms with E-state index in [0.717, 1.165) is 6.54 Å². The van der Waals surface area contributed by atoms with Crippen LogP contribution in [0.1, 0.15) is 19.8 Å². The summed E-state index contributed by atoms with van der Waals surface area (Å²) in [5.41, 5.74) is 1.23. The fraction of sp³-hybridized carbons (Fsp3) is 0.727. The van der Waals surface area contributed by atoms with Crippen LogP contribution < -0.4 is 0 Å². The van der Waals surface area contributed by atoms with E-state index >= 15 is 0 Å². The summed E-state index contributed by atoms with van der Waals surface area (Å²) < 4.78 is 0. The van der Waals surface area contributed by atoms with Gasteiger partial charge in [0.15, 0.2) is 0 Å². The highest BCUT2D eigenvalue weighted by molar-refractivity contribution is 5.89. The molecule has 1 unspecified atom stereocenters. The molecule has 3 saturated heterocycles. The summed E-state index contributed by atoms with van der Waals surface area (Å²) in [4.78, 5) is 7.77. The van der Waals surface area contributed by atoms with Gasteiger partial charge in [-0.05, 0) is 38.9 Å². The van der Waals surface area contributed by atoms with Crippen LogP contribution >= 0.6 is 0 Å². The van der Waals surface area contributed by atoms with E-state index in [9.17, 15) is 0 Å². The Kier molecular flexibility index (Phi) is 2.87. The Labute approximate surface area is 85.4 Å². The molecule has 0 radical (unpaired) electrons. The van der Waals surface area contributed by atoms with Crippen LogP contribution in [0.3, 0.4) is 0 Å². The molecule has 0 aliphatic carbocycles. The van der Waals surface area contributed by atoms with Crippen LogP contribution in [0.2, 0.25) is 0 Å². The number of oxime groups is 1. The molecule has 0 amide bonds. The van der Waals surface area contributed by atoms with Crippen LogP contribution in [0.4, 0.5) is 0 Å². The molecule has 0 aromatic heterocycles. The van der Waals surface area contributed by atoms with Crippen molar-refractivity contribution in [2.24, 2.45) is 11.1 Å². The number of nitrogens with zero attached hydrogens (tertiary/aromatic N) is 2. The molecule has 0 spiro atoms. The van der Waals surface area contributed by atoms with E-state index in [2.05, 4.69) is 16.6 Å². The first-order valence-electron chi connectivity index (χ1n) is 5.37.